The standard InChI is InChI=1S/C27H21ClF3N7O/c28-19-2-1-3-20(29)22(19)38-24(39)17-11-33-25(35-23(17)37-9-8-32-26(37)38)34-16-4-5-18-15(10-16)12-36(13-21(30)31)14-27(18)6-7-27/h1-5,8-11,21H,6-7,12-14H2,(H,33,34,35). The van der Waals surface area contributed by atoms with Gasteiger partial charge in [0.05, 0.1) is 11.6 Å². The molecule has 0 amide bonds. The minimum Gasteiger partial charge on any atom is -0.324 e. The Bertz CT molecular complexity index is 1810. The Morgan fingerprint density at radius 3 is 2.77 bits per heavy atom. The number of para-hydroxylation sites is 1. The second kappa shape index (κ2) is 8.78. The third-order valence-corrected chi connectivity index (χ3v) is 7.82. The molecule has 1 N–H and O–H groups in total. The largest absolute Gasteiger partial charge is 0.324 e. The molecule has 0 atom stereocenters. The van der Waals surface area contributed by atoms with Crippen LogP contribution in [0.15, 0.2) is 59.8 Å². The number of nitrogens with zero attached hydrogens (tertiary/aromatic N) is 6. The van der Waals surface area contributed by atoms with Crippen molar-refractivity contribution in [3.05, 3.63) is 87.3 Å². The maximum atomic E-state index is 14.8. The molecule has 12 heteroatoms. The van der Waals surface area contributed by atoms with Crippen LogP contribution in [0.25, 0.3) is 22.5 Å². The van der Waals surface area contributed by atoms with Crippen LogP contribution in [0.4, 0.5) is 24.8 Å². The van der Waals surface area contributed by atoms with Crippen molar-refractivity contribution >= 4 is 40.0 Å². The predicted molar refractivity (Wildman–Crippen MR) is 141 cm³/mol. The van der Waals surface area contributed by atoms with Crippen molar-refractivity contribution in [1.82, 2.24) is 28.8 Å². The average Bonchev–Trinajstić information content (AvgIpc) is 3.47. The molecule has 8 nitrogen and oxygen atoms in total. The highest BCUT2D eigenvalue weighted by molar-refractivity contribution is 6.32. The maximum Gasteiger partial charge on any atom is 0.270 e. The van der Waals surface area contributed by atoms with Gasteiger partial charge in [-0.3, -0.25) is 14.1 Å². The third-order valence-electron chi connectivity index (χ3n) is 7.52. The molecule has 2 aromatic carbocycles. The van der Waals surface area contributed by atoms with Crippen LogP contribution in [-0.2, 0) is 12.0 Å². The molecule has 39 heavy (non-hydrogen) atoms. The summed E-state index contributed by atoms with van der Waals surface area (Å²) in [5.41, 5.74) is 2.51. The van der Waals surface area contributed by atoms with Crippen LogP contribution in [0.1, 0.15) is 24.0 Å². The van der Waals surface area contributed by atoms with E-state index in [1.165, 1.54) is 36.2 Å². The molecule has 7 rings (SSSR count). The molecule has 0 saturated heterocycles. The van der Waals surface area contributed by atoms with E-state index in [9.17, 15) is 18.0 Å². The number of nitrogens with one attached hydrogen (secondary N) is 1. The fraction of sp³-hybridized carbons (Fsp3) is 0.259. The molecule has 3 aromatic heterocycles. The van der Waals surface area contributed by atoms with Gasteiger partial charge in [0.2, 0.25) is 11.7 Å². The van der Waals surface area contributed by atoms with Crippen LogP contribution in [0, 0.1) is 5.82 Å². The number of imidazole rings is 1. The molecule has 1 aliphatic heterocycles. The topological polar surface area (TPSA) is 80.3 Å². The van der Waals surface area contributed by atoms with Gasteiger partial charge in [0.1, 0.15) is 16.9 Å². The van der Waals surface area contributed by atoms with Crippen LogP contribution < -0.4 is 10.9 Å². The molecule has 2 aliphatic rings. The molecule has 0 unspecified atom stereocenters. The van der Waals surface area contributed by atoms with Gasteiger partial charge in [0.25, 0.3) is 12.0 Å². The quantitative estimate of drug-likeness (QED) is 0.328. The van der Waals surface area contributed by atoms with E-state index in [1.807, 2.05) is 17.0 Å². The van der Waals surface area contributed by atoms with Crippen molar-refractivity contribution in [3.63, 3.8) is 0 Å². The Labute approximate surface area is 224 Å². The Balaban J connectivity index is 1.28. The van der Waals surface area contributed by atoms with Gasteiger partial charge >= 0.3 is 0 Å². The van der Waals surface area contributed by atoms with Crippen molar-refractivity contribution in [2.24, 2.45) is 0 Å². The minimum atomic E-state index is -2.38. The van der Waals surface area contributed by atoms with E-state index in [-0.39, 0.29) is 45.4 Å². The Morgan fingerprint density at radius 2 is 2.00 bits per heavy atom. The fourth-order valence-electron chi connectivity index (χ4n) is 5.67. The summed E-state index contributed by atoms with van der Waals surface area (Å²) < 4.78 is 43.7. The van der Waals surface area contributed by atoms with Gasteiger partial charge in [-0.15, -0.1) is 0 Å². The lowest BCUT2D eigenvalue weighted by Gasteiger charge is -2.35. The van der Waals surface area contributed by atoms with Gasteiger partial charge in [-0.2, -0.15) is 4.98 Å². The first-order chi connectivity index (χ1) is 18.8. The highest BCUT2D eigenvalue weighted by Crippen LogP contribution is 2.52. The van der Waals surface area contributed by atoms with Crippen LogP contribution >= 0.6 is 11.6 Å². The molecule has 1 saturated carbocycles. The summed E-state index contributed by atoms with van der Waals surface area (Å²) in [5.74, 6) is -0.285. The summed E-state index contributed by atoms with van der Waals surface area (Å²) in [5, 5.41) is 3.39. The second-order valence-electron chi connectivity index (χ2n) is 10.1. The summed E-state index contributed by atoms with van der Waals surface area (Å²) in [6.07, 6.45) is 4.09. The number of aromatic nitrogens is 5. The van der Waals surface area contributed by atoms with E-state index in [0.29, 0.717) is 18.8 Å². The highest BCUT2D eigenvalue weighted by Gasteiger charge is 2.49. The summed E-state index contributed by atoms with van der Waals surface area (Å²) in [6, 6.07) is 10.1. The van der Waals surface area contributed by atoms with Crippen molar-refractivity contribution in [3.8, 4) is 5.69 Å². The number of rotatable bonds is 5. The smallest absolute Gasteiger partial charge is 0.270 e. The van der Waals surface area contributed by atoms with Gasteiger partial charge < -0.3 is 5.32 Å². The number of halogens is 4. The maximum absolute atomic E-state index is 14.8. The van der Waals surface area contributed by atoms with E-state index in [0.717, 1.165) is 23.0 Å². The first-order valence-electron chi connectivity index (χ1n) is 12.4. The minimum absolute atomic E-state index is 0.0332. The number of alkyl halides is 2. The van der Waals surface area contributed by atoms with Crippen molar-refractivity contribution in [1.29, 1.82) is 0 Å². The monoisotopic (exact) mass is 551 g/mol. The lowest BCUT2D eigenvalue weighted by molar-refractivity contribution is 0.0749. The zero-order valence-corrected chi connectivity index (χ0v) is 21.2. The zero-order chi connectivity index (χ0) is 26.9. The summed E-state index contributed by atoms with van der Waals surface area (Å²) >= 11 is 6.26. The molecule has 1 spiro atoms. The van der Waals surface area contributed by atoms with E-state index in [1.54, 1.807) is 10.6 Å². The summed E-state index contributed by atoms with van der Waals surface area (Å²) in [6.45, 7) is 0.855. The first kappa shape index (κ1) is 24.1. The predicted octanol–water partition coefficient (Wildman–Crippen LogP) is 5.08. The van der Waals surface area contributed by atoms with Gasteiger partial charge in [-0.05, 0) is 48.2 Å². The number of hydrogen-bond acceptors (Lipinski definition) is 6. The molecular formula is C27H21ClF3N7O. The average molecular weight is 552 g/mol. The zero-order valence-electron chi connectivity index (χ0n) is 20.4. The Kier molecular flexibility index (Phi) is 5.43. The molecule has 5 aromatic rings. The number of benzene rings is 2. The lowest BCUT2D eigenvalue weighted by atomic mass is 9.86. The van der Waals surface area contributed by atoms with E-state index in [2.05, 4.69) is 26.3 Å². The van der Waals surface area contributed by atoms with E-state index >= 15 is 0 Å². The molecule has 198 valence electrons. The van der Waals surface area contributed by atoms with Crippen molar-refractivity contribution < 1.29 is 13.2 Å². The van der Waals surface area contributed by atoms with Gasteiger partial charge in [-0.25, -0.2) is 27.7 Å². The number of anilines is 2. The van der Waals surface area contributed by atoms with Crippen LogP contribution in [0.5, 0.6) is 0 Å². The molecule has 1 fully saturated rings. The lowest BCUT2D eigenvalue weighted by Crippen LogP contribution is -2.40. The Hall–Kier alpha value is -3.96. The SMILES string of the molecule is O=c1c2cnc(Nc3ccc4c(c3)CN(CC(F)F)CC43CC3)nc2n2ccnc2n1-c1c(F)cccc1Cl. The van der Waals surface area contributed by atoms with Crippen molar-refractivity contribution in [2.45, 2.75) is 31.2 Å². The molecule has 0 bridgehead atoms. The van der Waals surface area contributed by atoms with E-state index in [4.69, 9.17) is 11.6 Å². The summed E-state index contributed by atoms with van der Waals surface area (Å²) in [7, 11) is 0. The van der Waals surface area contributed by atoms with Crippen LogP contribution in [0.3, 0.4) is 0 Å². The van der Waals surface area contributed by atoms with Gasteiger partial charge in [0.15, 0.2) is 5.65 Å². The first-order valence-corrected chi connectivity index (χ1v) is 12.8. The number of hydrogen-bond donors (Lipinski definition) is 1. The normalized spacial score (nSPS) is 16.3. The molecular weight excluding hydrogens is 531 g/mol. The Morgan fingerprint density at radius 1 is 1.15 bits per heavy atom. The van der Waals surface area contributed by atoms with Gasteiger partial charge in [0, 0.05) is 42.8 Å². The van der Waals surface area contributed by atoms with Crippen LogP contribution in [-0.4, -0.2) is 48.3 Å². The van der Waals surface area contributed by atoms with Crippen LogP contribution in [0.2, 0.25) is 5.02 Å². The van der Waals surface area contributed by atoms with Crippen molar-refractivity contribution in [2.75, 3.05) is 18.4 Å². The van der Waals surface area contributed by atoms with E-state index < -0.39 is 17.8 Å². The third kappa shape index (κ3) is 3.95. The molecule has 1 aliphatic carbocycles. The molecule has 4 heterocycles. The highest BCUT2D eigenvalue weighted by atomic mass is 35.5. The fourth-order valence-corrected chi connectivity index (χ4v) is 5.92. The van der Waals surface area contributed by atoms with Gasteiger partial charge in [-0.1, -0.05) is 23.7 Å². The second-order valence-corrected chi connectivity index (χ2v) is 10.5. The number of fused-ring (bicyclic) bond motifs is 5. The summed E-state index contributed by atoms with van der Waals surface area (Å²) in [4.78, 5) is 28.5. The molecule has 0 radical (unpaired) electrons.